The highest BCUT2D eigenvalue weighted by Crippen LogP contribution is 2.17. The summed E-state index contributed by atoms with van der Waals surface area (Å²) in [6.07, 6.45) is 1.06. The molecule has 0 spiro atoms. The fourth-order valence-electron chi connectivity index (χ4n) is 2.22. The van der Waals surface area contributed by atoms with E-state index in [1.807, 2.05) is 0 Å². The first-order valence-electron chi connectivity index (χ1n) is 7.88. The molecule has 0 aliphatic heterocycles. The molecule has 1 N–H and O–H groups in total. The number of nitrogens with one attached hydrogen (secondary N) is 1. The number of carbonyl (C=O) groups excluding carboxylic acids is 1. The van der Waals surface area contributed by atoms with E-state index in [4.69, 9.17) is 9.47 Å². The summed E-state index contributed by atoms with van der Waals surface area (Å²) < 4.78 is 35.6. The van der Waals surface area contributed by atoms with Crippen LogP contribution in [0, 0.1) is 0 Å². The Morgan fingerprint density at radius 3 is 2.38 bits per heavy atom. The molecule has 0 heterocycles. The highest BCUT2D eigenvalue weighted by Gasteiger charge is 2.13. The van der Waals surface area contributed by atoms with Crippen LogP contribution in [-0.2, 0) is 10.0 Å². The predicted octanol–water partition coefficient (Wildman–Crippen LogP) is 2.22. The van der Waals surface area contributed by atoms with E-state index in [1.54, 1.807) is 56.6 Å². The first kappa shape index (κ1) is 19.6. The molecule has 0 saturated heterocycles. The highest BCUT2D eigenvalue weighted by molar-refractivity contribution is 7.92. The topological polar surface area (TPSA) is 84.9 Å². The van der Waals surface area contributed by atoms with Crippen molar-refractivity contribution >= 4 is 21.6 Å². The van der Waals surface area contributed by atoms with E-state index in [0.29, 0.717) is 30.2 Å². The Labute approximate surface area is 153 Å². The number of hydrogen-bond acceptors (Lipinski definition) is 5. The second-order valence-corrected chi connectivity index (χ2v) is 7.45. The molecule has 0 radical (unpaired) electrons. The number of benzene rings is 2. The molecule has 8 heteroatoms. The Kier molecular flexibility index (Phi) is 6.46. The van der Waals surface area contributed by atoms with Crippen molar-refractivity contribution in [2.24, 2.45) is 0 Å². The molecule has 1 amide bonds. The maximum atomic E-state index is 12.5. The third-order valence-electron chi connectivity index (χ3n) is 3.51. The van der Waals surface area contributed by atoms with Gasteiger partial charge in [-0.3, -0.25) is 9.52 Å². The average Bonchev–Trinajstić information content (AvgIpc) is 2.60. The number of carbonyl (C=O) groups is 1. The van der Waals surface area contributed by atoms with E-state index in [0.717, 1.165) is 12.0 Å². The van der Waals surface area contributed by atoms with Crippen molar-refractivity contribution in [3.05, 3.63) is 54.1 Å². The molecule has 2 rings (SSSR count). The summed E-state index contributed by atoms with van der Waals surface area (Å²) in [7, 11) is -0.136. The second kappa shape index (κ2) is 8.57. The van der Waals surface area contributed by atoms with Crippen LogP contribution in [0.5, 0.6) is 11.5 Å². The molecule has 0 aliphatic rings. The van der Waals surface area contributed by atoms with Gasteiger partial charge in [0.05, 0.1) is 19.9 Å². The van der Waals surface area contributed by atoms with Gasteiger partial charge in [0.15, 0.2) is 0 Å². The van der Waals surface area contributed by atoms with Gasteiger partial charge in [-0.25, -0.2) is 8.42 Å². The van der Waals surface area contributed by atoms with Crippen LogP contribution in [0.15, 0.2) is 48.5 Å². The third kappa shape index (κ3) is 5.96. The summed E-state index contributed by atoms with van der Waals surface area (Å²) in [6.45, 7) is 0.713. The number of nitrogens with zero attached hydrogens (tertiary/aromatic N) is 1. The number of amides is 1. The molecular formula is C18H22N2O5S. The van der Waals surface area contributed by atoms with Gasteiger partial charge in [0.25, 0.3) is 5.91 Å². The number of sulfonamides is 1. The van der Waals surface area contributed by atoms with Crippen molar-refractivity contribution in [3.8, 4) is 11.5 Å². The van der Waals surface area contributed by atoms with E-state index < -0.39 is 10.0 Å². The minimum absolute atomic E-state index is 0.222. The Hall–Kier alpha value is -2.74. The van der Waals surface area contributed by atoms with Gasteiger partial charge in [0.1, 0.15) is 18.1 Å². The van der Waals surface area contributed by atoms with Crippen LogP contribution in [0.3, 0.4) is 0 Å². The average molecular weight is 378 g/mol. The molecule has 7 nitrogen and oxygen atoms in total. The molecule has 0 atom stereocenters. The van der Waals surface area contributed by atoms with Gasteiger partial charge in [-0.05, 0) is 42.5 Å². The highest BCUT2D eigenvalue weighted by atomic mass is 32.2. The van der Waals surface area contributed by atoms with E-state index in [9.17, 15) is 13.2 Å². The summed E-state index contributed by atoms with van der Waals surface area (Å²) in [4.78, 5) is 14.0. The van der Waals surface area contributed by atoms with Gasteiger partial charge in [-0.2, -0.15) is 0 Å². The number of anilines is 1. The molecule has 0 fully saturated rings. The van der Waals surface area contributed by atoms with Crippen LogP contribution in [0.2, 0.25) is 0 Å². The van der Waals surface area contributed by atoms with Crippen LogP contribution in [0.4, 0.5) is 5.69 Å². The van der Waals surface area contributed by atoms with Crippen LogP contribution in [0.25, 0.3) is 0 Å². The SMILES string of the molecule is COc1ccc(OCCN(C)C(=O)c2cccc(NS(C)(=O)=O)c2)cc1. The smallest absolute Gasteiger partial charge is 0.253 e. The zero-order valence-electron chi connectivity index (χ0n) is 14.9. The van der Waals surface area contributed by atoms with Gasteiger partial charge < -0.3 is 14.4 Å². The van der Waals surface area contributed by atoms with Crippen LogP contribution < -0.4 is 14.2 Å². The Morgan fingerprint density at radius 2 is 1.77 bits per heavy atom. The fraction of sp³-hybridized carbons (Fsp3) is 0.278. The lowest BCUT2D eigenvalue weighted by Gasteiger charge is -2.18. The molecule has 0 bridgehead atoms. The first-order chi connectivity index (χ1) is 12.3. The molecule has 0 unspecified atom stereocenters. The largest absolute Gasteiger partial charge is 0.497 e. The van der Waals surface area contributed by atoms with Crippen molar-refractivity contribution in [1.82, 2.24) is 4.90 Å². The van der Waals surface area contributed by atoms with Gasteiger partial charge in [0.2, 0.25) is 10.0 Å². The molecular weight excluding hydrogens is 356 g/mol. The quantitative estimate of drug-likeness (QED) is 0.761. The normalized spacial score (nSPS) is 10.9. The maximum Gasteiger partial charge on any atom is 0.253 e. The maximum absolute atomic E-state index is 12.5. The number of methoxy groups -OCH3 is 1. The number of hydrogen-bond donors (Lipinski definition) is 1. The molecule has 2 aromatic rings. The van der Waals surface area contributed by atoms with Gasteiger partial charge in [-0.15, -0.1) is 0 Å². The summed E-state index contributed by atoms with van der Waals surface area (Å²) in [5, 5.41) is 0. The van der Waals surface area contributed by atoms with Gasteiger partial charge in [-0.1, -0.05) is 6.07 Å². The van der Waals surface area contributed by atoms with Gasteiger partial charge in [0, 0.05) is 18.3 Å². The second-order valence-electron chi connectivity index (χ2n) is 5.71. The Balaban J connectivity index is 1.91. The van der Waals surface area contributed by atoms with E-state index in [2.05, 4.69) is 4.72 Å². The van der Waals surface area contributed by atoms with Crippen molar-refractivity contribution < 1.29 is 22.7 Å². The standard InChI is InChI=1S/C18H22N2O5S/c1-20(11-12-25-17-9-7-16(24-2)8-10-17)18(21)14-5-4-6-15(13-14)19-26(3,22)23/h4-10,13,19H,11-12H2,1-3H3. The summed E-state index contributed by atoms with van der Waals surface area (Å²) >= 11 is 0. The molecule has 26 heavy (non-hydrogen) atoms. The Morgan fingerprint density at radius 1 is 1.12 bits per heavy atom. The summed E-state index contributed by atoms with van der Waals surface area (Å²) in [5.74, 6) is 1.21. The van der Waals surface area contributed by atoms with Crippen LogP contribution in [0.1, 0.15) is 10.4 Å². The first-order valence-corrected chi connectivity index (χ1v) is 9.78. The lowest BCUT2D eigenvalue weighted by Crippen LogP contribution is -2.30. The predicted molar refractivity (Wildman–Crippen MR) is 100 cm³/mol. The van der Waals surface area contributed by atoms with Gasteiger partial charge >= 0.3 is 0 Å². The molecule has 140 valence electrons. The molecule has 0 aromatic heterocycles. The van der Waals surface area contributed by atoms with E-state index in [1.165, 1.54) is 11.0 Å². The van der Waals surface area contributed by atoms with Crippen LogP contribution >= 0.6 is 0 Å². The summed E-state index contributed by atoms with van der Waals surface area (Å²) in [6, 6.07) is 13.5. The van der Waals surface area contributed by atoms with Crippen molar-refractivity contribution in [2.75, 3.05) is 38.3 Å². The van der Waals surface area contributed by atoms with Crippen LogP contribution in [-0.4, -0.2) is 52.8 Å². The Bertz CT molecular complexity index is 850. The lowest BCUT2D eigenvalue weighted by atomic mass is 10.2. The van der Waals surface area contributed by atoms with Crippen molar-refractivity contribution in [2.45, 2.75) is 0 Å². The van der Waals surface area contributed by atoms with E-state index in [-0.39, 0.29) is 5.91 Å². The van der Waals surface area contributed by atoms with Crippen molar-refractivity contribution in [1.29, 1.82) is 0 Å². The number of likely N-dealkylation sites (N-methyl/N-ethyl adjacent to an activating group) is 1. The monoisotopic (exact) mass is 378 g/mol. The number of rotatable bonds is 8. The molecule has 2 aromatic carbocycles. The van der Waals surface area contributed by atoms with E-state index >= 15 is 0 Å². The summed E-state index contributed by atoms with van der Waals surface area (Å²) in [5.41, 5.74) is 0.742. The minimum atomic E-state index is -3.39. The van der Waals surface area contributed by atoms with Crippen molar-refractivity contribution in [3.63, 3.8) is 0 Å². The molecule has 0 saturated carbocycles. The number of ether oxygens (including phenoxy) is 2. The zero-order chi connectivity index (χ0) is 19.2. The lowest BCUT2D eigenvalue weighted by molar-refractivity contribution is 0.0774. The fourth-order valence-corrected chi connectivity index (χ4v) is 2.78. The zero-order valence-corrected chi connectivity index (χ0v) is 15.7. The minimum Gasteiger partial charge on any atom is -0.497 e. The molecule has 0 aliphatic carbocycles. The third-order valence-corrected chi connectivity index (χ3v) is 4.12.